The number of rotatable bonds is 4. The number of carbonyl (C=O) groups excluding carboxylic acids is 1. The van der Waals surface area contributed by atoms with Gasteiger partial charge in [-0.3, -0.25) is 4.79 Å². The highest BCUT2D eigenvalue weighted by Crippen LogP contribution is 2.32. The Kier molecular flexibility index (Phi) is 4.75. The topological polar surface area (TPSA) is 81.6 Å². The molecule has 1 aromatic carbocycles. The van der Waals surface area contributed by atoms with E-state index < -0.39 is 0 Å². The van der Waals surface area contributed by atoms with Crippen molar-refractivity contribution in [1.29, 1.82) is 0 Å². The van der Waals surface area contributed by atoms with E-state index in [-0.39, 0.29) is 5.97 Å². The number of carbonyl (C=O) groups is 1. The second-order valence-electron chi connectivity index (χ2n) is 3.83. The van der Waals surface area contributed by atoms with Crippen molar-refractivity contribution in [2.45, 2.75) is 13.5 Å². The smallest absolute Gasteiger partial charge is 0.322 e. The van der Waals surface area contributed by atoms with Crippen LogP contribution in [0.15, 0.2) is 17.1 Å². The van der Waals surface area contributed by atoms with Crippen LogP contribution in [0.5, 0.6) is 0 Å². The van der Waals surface area contributed by atoms with Crippen molar-refractivity contribution in [3.05, 3.63) is 28.2 Å². The quantitative estimate of drug-likeness (QED) is 0.657. The van der Waals surface area contributed by atoms with Crippen LogP contribution >= 0.6 is 15.9 Å². The lowest BCUT2D eigenvalue weighted by Gasteiger charge is -2.19. The Hall–Kier alpha value is -1.53. The van der Waals surface area contributed by atoms with Gasteiger partial charge in [0.05, 0.1) is 17.9 Å². The molecule has 0 bridgehead atoms. The molecule has 0 aromatic heterocycles. The number of hydrogen-bond donors (Lipinski definition) is 2. The third kappa shape index (κ3) is 3.24. The van der Waals surface area contributed by atoms with Crippen LogP contribution in [0, 0.1) is 0 Å². The molecule has 0 aliphatic rings. The minimum Gasteiger partial charge on any atom is -0.397 e. The first-order chi connectivity index (χ1) is 8.36. The lowest BCUT2D eigenvalue weighted by Crippen LogP contribution is -2.22. The minimum absolute atomic E-state index is 0.330. The highest BCUT2D eigenvalue weighted by molar-refractivity contribution is 9.10. The van der Waals surface area contributed by atoms with Crippen LogP contribution in [0.3, 0.4) is 0 Å². The summed E-state index contributed by atoms with van der Waals surface area (Å²) in [7, 11) is 1.64. The average molecular weight is 314 g/mol. The van der Waals surface area contributed by atoms with Crippen LogP contribution in [0.25, 0.3) is 6.08 Å². The zero-order valence-electron chi connectivity index (χ0n) is 10.4. The maximum atomic E-state index is 10.9. The Morgan fingerprint density at radius 3 is 2.72 bits per heavy atom. The van der Waals surface area contributed by atoms with E-state index >= 15 is 0 Å². The fourth-order valence-corrected chi connectivity index (χ4v) is 2.27. The standard InChI is InChI=1S/C12H16BrN3O2/c1-4-8-9(6-16(3)18-7(2)17)12(15)11(14)5-10(8)13/h4-5H,1,6,14-15H2,2-3H3. The fraction of sp³-hybridized carbons (Fsp3) is 0.250. The van der Waals surface area contributed by atoms with Gasteiger partial charge in [-0.2, -0.15) is 0 Å². The molecule has 0 spiro atoms. The van der Waals surface area contributed by atoms with Gasteiger partial charge in [0, 0.05) is 24.0 Å². The number of hydrogen-bond acceptors (Lipinski definition) is 5. The molecule has 1 aromatic rings. The Labute approximate surface area is 114 Å². The molecule has 0 aliphatic heterocycles. The first-order valence-electron chi connectivity index (χ1n) is 5.25. The van der Waals surface area contributed by atoms with E-state index in [1.54, 1.807) is 19.2 Å². The van der Waals surface area contributed by atoms with E-state index in [1.165, 1.54) is 12.0 Å². The zero-order chi connectivity index (χ0) is 13.9. The predicted octanol–water partition coefficient (Wildman–Crippen LogP) is 2.17. The van der Waals surface area contributed by atoms with Gasteiger partial charge in [0.25, 0.3) is 0 Å². The molecule has 6 heteroatoms. The van der Waals surface area contributed by atoms with Gasteiger partial charge in [-0.15, -0.1) is 5.06 Å². The second kappa shape index (κ2) is 5.88. The molecule has 98 valence electrons. The minimum atomic E-state index is -0.390. The lowest BCUT2D eigenvalue weighted by atomic mass is 10.0. The van der Waals surface area contributed by atoms with Gasteiger partial charge in [0.2, 0.25) is 0 Å². The van der Waals surface area contributed by atoms with Crippen LogP contribution in [0.1, 0.15) is 18.1 Å². The molecule has 0 atom stereocenters. The monoisotopic (exact) mass is 313 g/mol. The number of benzene rings is 1. The molecule has 0 saturated carbocycles. The van der Waals surface area contributed by atoms with Crippen LogP contribution in [0.4, 0.5) is 11.4 Å². The van der Waals surface area contributed by atoms with Crippen molar-refractivity contribution >= 4 is 39.4 Å². The zero-order valence-corrected chi connectivity index (χ0v) is 12.0. The first-order valence-corrected chi connectivity index (χ1v) is 6.04. The molecule has 1 rings (SSSR count). The summed E-state index contributed by atoms with van der Waals surface area (Å²) in [6.07, 6.45) is 1.68. The highest BCUT2D eigenvalue weighted by Gasteiger charge is 2.14. The molecule has 0 fully saturated rings. The van der Waals surface area contributed by atoms with E-state index in [0.29, 0.717) is 17.9 Å². The van der Waals surface area contributed by atoms with Gasteiger partial charge in [0.15, 0.2) is 0 Å². The maximum absolute atomic E-state index is 10.9. The van der Waals surface area contributed by atoms with Gasteiger partial charge in [-0.1, -0.05) is 28.6 Å². The average Bonchev–Trinajstić information content (AvgIpc) is 2.24. The highest BCUT2D eigenvalue weighted by atomic mass is 79.9. The van der Waals surface area contributed by atoms with Gasteiger partial charge >= 0.3 is 5.97 Å². The Morgan fingerprint density at radius 2 is 2.22 bits per heavy atom. The summed E-state index contributed by atoms with van der Waals surface area (Å²) in [5.74, 6) is -0.390. The number of nitrogens with two attached hydrogens (primary N) is 2. The summed E-state index contributed by atoms with van der Waals surface area (Å²) in [6, 6.07) is 1.72. The Bertz CT molecular complexity index is 489. The molecule has 4 N–H and O–H groups in total. The number of nitrogen functional groups attached to an aromatic ring is 2. The number of hydroxylamine groups is 2. The molecule has 18 heavy (non-hydrogen) atoms. The van der Waals surface area contributed by atoms with E-state index in [2.05, 4.69) is 22.5 Å². The molecule has 0 heterocycles. The first kappa shape index (κ1) is 14.5. The van der Waals surface area contributed by atoms with Crippen molar-refractivity contribution in [2.24, 2.45) is 0 Å². The van der Waals surface area contributed by atoms with Gasteiger partial charge < -0.3 is 16.3 Å². The van der Waals surface area contributed by atoms with Crippen molar-refractivity contribution < 1.29 is 9.63 Å². The van der Waals surface area contributed by atoms with Crippen LogP contribution in [-0.4, -0.2) is 18.1 Å². The summed E-state index contributed by atoms with van der Waals surface area (Å²) in [5, 5.41) is 1.40. The Balaban J connectivity index is 3.14. The normalized spacial score (nSPS) is 10.4. The maximum Gasteiger partial charge on any atom is 0.322 e. The largest absolute Gasteiger partial charge is 0.397 e. The van der Waals surface area contributed by atoms with Crippen LogP contribution in [0.2, 0.25) is 0 Å². The van der Waals surface area contributed by atoms with Crippen LogP contribution in [-0.2, 0) is 16.2 Å². The number of anilines is 2. The van der Waals surface area contributed by atoms with Crippen molar-refractivity contribution in [3.63, 3.8) is 0 Å². The summed E-state index contributed by atoms with van der Waals surface area (Å²) in [4.78, 5) is 15.8. The van der Waals surface area contributed by atoms with Crippen molar-refractivity contribution in [1.82, 2.24) is 5.06 Å². The van der Waals surface area contributed by atoms with E-state index in [9.17, 15) is 4.79 Å². The molecule has 5 nitrogen and oxygen atoms in total. The molecular weight excluding hydrogens is 298 g/mol. The fourth-order valence-electron chi connectivity index (χ4n) is 1.62. The van der Waals surface area contributed by atoms with Crippen LogP contribution < -0.4 is 11.5 Å². The van der Waals surface area contributed by atoms with Crippen molar-refractivity contribution in [2.75, 3.05) is 18.5 Å². The lowest BCUT2D eigenvalue weighted by molar-refractivity contribution is -0.183. The molecule has 0 radical (unpaired) electrons. The van der Waals surface area contributed by atoms with Gasteiger partial charge in [-0.25, -0.2) is 0 Å². The van der Waals surface area contributed by atoms with Gasteiger partial charge in [0.1, 0.15) is 0 Å². The third-order valence-corrected chi connectivity index (χ3v) is 3.03. The number of nitrogens with zero attached hydrogens (tertiary/aromatic N) is 1. The molecule has 0 aliphatic carbocycles. The SMILES string of the molecule is C=Cc1c(Br)cc(N)c(N)c1CN(C)OC(C)=O. The third-order valence-electron chi connectivity index (χ3n) is 2.37. The van der Waals surface area contributed by atoms with Gasteiger partial charge in [-0.05, 0) is 11.6 Å². The van der Waals surface area contributed by atoms with E-state index in [4.69, 9.17) is 16.3 Å². The Morgan fingerprint density at radius 1 is 1.61 bits per heavy atom. The molecule has 0 amide bonds. The summed E-state index contributed by atoms with van der Waals surface area (Å²) >= 11 is 3.40. The predicted molar refractivity (Wildman–Crippen MR) is 76.3 cm³/mol. The molecule has 0 saturated heterocycles. The number of halogens is 1. The summed E-state index contributed by atoms with van der Waals surface area (Å²) < 4.78 is 0.801. The molecule has 0 unspecified atom stereocenters. The van der Waals surface area contributed by atoms with E-state index in [0.717, 1.165) is 15.6 Å². The summed E-state index contributed by atoms with van der Waals surface area (Å²) in [6.45, 7) is 5.41. The van der Waals surface area contributed by atoms with Crippen molar-refractivity contribution in [3.8, 4) is 0 Å². The second-order valence-corrected chi connectivity index (χ2v) is 4.68. The molecular formula is C12H16BrN3O2. The van der Waals surface area contributed by atoms with E-state index in [1.807, 2.05) is 0 Å². The summed E-state index contributed by atoms with van der Waals surface area (Å²) in [5.41, 5.74) is 14.3.